The summed E-state index contributed by atoms with van der Waals surface area (Å²) in [5, 5.41) is 0. The van der Waals surface area contributed by atoms with E-state index in [1.165, 1.54) is 22.3 Å². The number of hydrogen-bond acceptors (Lipinski definition) is 3. The first kappa shape index (κ1) is 13.1. The second-order valence-electron chi connectivity index (χ2n) is 5.84. The Labute approximate surface area is 120 Å². The molecule has 0 saturated carbocycles. The van der Waals surface area contributed by atoms with Crippen molar-refractivity contribution in [2.75, 3.05) is 11.4 Å². The van der Waals surface area contributed by atoms with Gasteiger partial charge in [0.05, 0.1) is 0 Å². The van der Waals surface area contributed by atoms with Gasteiger partial charge in [0.15, 0.2) is 0 Å². The number of fused-ring (bicyclic) bond motifs is 1. The molecule has 2 heterocycles. The van der Waals surface area contributed by atoms with Gasteiger partial charge in [0.1, 0.15) is 0 Å². The lowest BCUT2D eigenvalue weighted by Crippen LogP contribution is -2.32. The van der Waals surface area contributed by atoms with Crippen LogP contribution >= 0.6 is 0 Å². The summed E-state index contributed by atoms with van der Waals surface area (Å²) in [6.45, 7) is 10.4. The normalized spacial score (nSPS) is 14.3. The van der Waals surface area contributed by atoms with Gasteiger partial charge >= 0.3 is 0 Å². The van der Waals surface area contributed by atoms with Gasteiger partial charge in [-0.15, -0.1) is 0 Å². The first-order chi connectivity index (χ1) is 9.52. The van der Waals surface area contributed by atoms with Crippen molar-refractivity contribution < 1.29 is 0 Å². The maximum absolute atomic E-state index is 4.59. The van der Waals surface area contributed by atoms with Gasteiger partial charge in [-0.05, 0) is 56.9 Å². The highest BCUT2D eigenvalue weighted by atomic mass is 15.3. The smallest absolute Gasteiger partial charge is 0.226 e. The van der Waals surface area contributed by atoms with Crippen molar-refractivity contribution in [3.05, 3.63) is 51.8 Å². The predicted octanol–water partition coefficient (Wildman–Crippen LogP) is 3.27. The summed E-state index contributed by atoms with van der Waals surface area (Å²) in [6.07, 6.45) is 1.08. The van der Waals surface area contributed by atoms with Crippen molar-refractivity contribution in [3.8, 4) is 0 Å². The van der Waals surface area contributed by atoms with Crippen LogP contribution in [-0.2, 0) is 13.0 Å². The van der Waals surface area contributed by atoms with Crippen LogP contribution < -0.4 is 4.90 Å². The summed E-state index contributed by atoms with van der Waals surface area (Å²) >= 11 is 0. The Balaban J connectivity index is 1.95. The Hall–Kier alpha value is -1.90. The van der Waals surface area contributed by atoms with Crippen molar-refractivity contribution in [2.24, 2.45) is 0 Å². The highest BCUT2D eigenvalue weighted by molar-refractivity contribution is 5.45. The highest BCUT2D eigenvalue weighted by Crippen LogP contribution is 2.26. The molecule has 1 aliphatic heterocycles. The van der Waals surface area contributed by atoms with Crippen molar-refractivity contribution >= 4 is 5.95 Å². The van der Waals surface area contributed by atoms with Crippen molar-refractivity contribution in [3.63, 3.8) is 0 Å². The molecule has 0 amide bonds. The number of benzene rings is 1. The standard InChI is InChI=1S/C17H21N3/c1-11-7-12(2)16-5-6-20(10-15(16)8-11)17-18-13(3)9-14(4)19-17/h7-9H,5-6,10H2,1-4H3. The van der Waals surface area contributed by atoms with E-state index in [-0.39, 0.29) is 0 Å². The Morgan fingerprint density at radius 2 is 1.65 bits per heavy atom. The van der Waals surface area contributed by atoms with Gasteiger partial charge in [0.2, 0.25) is 5.95 Å². The summed E-state index contributed by atoms with van der Waals surface area (Å²) in [6, 6.07) is 6.61. The Kier molecular flexibility index (Phi) is 3.20. The minimum absolute atomic E-state index is 0.868. The van der Waals surface area contributed by atoms with E-state index in [0.717, 1.165) is 36.8 Å². The summed E-state index contributed by atoms with van der Waals surface area (Å²) in [5.74, 6) is 0.868. The number of rotatable bonds is 1. The maximum atomic E-state index is 4.59. The van der Waals surface area contributed by atoms with Crippen LogP contribution in [0.3, 0.4) is 0 Å². The molecular formula is C17H21N3. The molecule has 0 unspecified atom stereocenters. The molecule has 2 aromatic rings. The number of hydrogen-bond donors (Lipinski definition) is 0. The molecule has 0 radical (unpaired) electrons. The third kappa shape index (κ3) is 2.40. The van der Waals surface area contributed by atoms with E-state index in [1.807, 2.05) is 19.9 Å². The zero-order chi connectivity index (χ0) is 14.3. The highest BCUT2D eigenvalue weighted by Gasteiger charge is 2.20. The van der Waals surface area contributed by atoms with Crippen LogP contribution in [0.2, 0.25) is 0 Å². The lowest BCUT2D eigenvalue weighted by molar-refractivity contribution is 0.699. The molecule has 0 atom stereocenters. The third-order valence-electron chi connectivity index (χ3n) is 3.96. The van der Waals surface area contributed by atoms with Crippen LogP contribution in [0.5, 0.6) is 0 Å². The number of aryl methyl sites for hydroxylation is 4. The van der Waals surface area contributed by atoms with Crippen LogP contribution in [-0.4, -0.2) is 16.5 Å². The molecule has 0 spiro atoms. The van der Waals surface area contributed by atoms with Crippen molar-refractivity contribution in [1.82, 2.24) is 9.97 Å². The van der Waals surface area contributed by atoms with E-state index in [0.29, 0.717) is 0 Å². The quantitative estimate of drug-likeness (QED) is 0.794. The molecule has 1 aromatic heterocycles. The minimum atomic E-state index is 0.868. The first-order valence-corrected chi connectivity index (χ1v) is 7.19. The summed E-state index contributed by atoms with van der Waals surface area (Å²) in [5.41, 5.74) is 7.77. The van der Waals surface area contributed by atoms with Gasteiger partial charge in [-0.1, -0.05) is 17.7 Å². The van der Waals surface area contributed by atoms with Crippen molar-refractivity contribution in [2.45, 2.75) is 40.7 Å². The second kappa shape index (κ2) is 4.89. The van der Waals surface area contributed by atoms with Gasteiger partial charge in [-0.25, -0.2) is 9.97 Å². The summed E-state index contributed by atoms with van der Waals surface area (Å²) < 4.78 is 0. The molecule has 0 bridgehead atoms. The molecule has 3 heteroatoms. The fourth-order valence-corrected chi connectivity index (χ4v) is 3.14. The van der Waals surface area contributed by atoms with Crippen LogP contribution in [0.15, 0.2) is 18.2 Å². The van der Waals surface area contributed by atoms with Gasteiger partial charge < -0.3 is 4.90 Å². The van der Waals surface area contributed by atoms with Gasteiger partial charge in [0, 0.05) is 24.5 Å². The Morgan fingerprint density at radius 1 is 0.950 bits per heavy atom. The molecule has 104 valence electrons. The fourth-order valence-electron chi connectivity index (χ4n) is 3.14. The molecular weight excluding hydrogens is 246 g/mol. The molecule has 1 aliphatic rings. The van der Waals surface area contributed by atoms with Crippen LogP contribution in [0.4, 0.5) is 5.95 Å². The first-order valence-electron chi connectivity index (χ1n) is 7.19. The zero-order valence-electron chi connectivity index (χ0n) is 12.7. The SMILES string of the molecule is Cc1cc(C)c2c(c1)CN(c1nc(C)cc(C)n1)CC2. The average molecular weight is 267 g/mol. The van der Waals surface area contributed by atoms with E-state index in [9.17, 15) is 0 Å². The van der Waals surface area contributed by atoms with Gasteiger partial charge in [-0.3, -0.25) is 0 Å². The largest absolute Gasteiger partial charge is 0.336 e. The Morgan fingerprint density at radius 3 is 2.35 bits per heavy atom. The van der Waals surface area contributed by atoms with E-state index in [4.69, 9.17) is 0 Å². The molecule has 0 N–H and O–H groups in total. The number of anilines is 1. The number of nitrogens with zero attached hydrogens (tertiary/aromatic N) is 3. The fraction of sp³-hybridized carbons (Fsp3) is 0.412. The summed E-state index contributed by atoms with van der Waals surface area (Å²) in [7, 11) is 0. The van der Waals surface area contributed by atoms with E-state index in [2.05, 4.69) is 40.8 Å². The number of aromatic nitrogens is 2. The Bertz CT molecular complexity index is 641. The van der Waals surface area contributed by atoms with E-state index >= 15 is 0 Å². The molecule has 0 aliphatic carbocycles. The molecule has 0 saturated heterocycles. The topological polar surface area (TPSA) is 29.0 Å². The second-order valence-corrected chi connectivity index (χ2v) is 5.84. The van der Waals surface area contributed by atoms with Gasteiger partial charge in [-0.2, -0.15) is 0 Å². The predicted molar refractivity (Wildman–Crippen MR) is 82.2 cm³/mol. The van der Waals surface area contributed by atoms with E-state index < -0.39 is 0 Å². The van der Waals surface area contributed by atoms with Crippen LogP contribution in [0.25, 0.3) is 0 Å². The van der Waals surface area contributed by atoms with Crippen LogP contribution in [0.1, 0.15) is 33.6 Å². The molecule has 0 fully saturated rings. The van der Waals surface area contributed by atoms with Gasteiger partial charge in [0.25, 0.3) is 0 Å². The maximum Gasteiger partial charge on any atom is 0.226 e. The average Bonchev–Trinajstić information content (AvgIpc) is 2.36. The molecule has 3 rings (SSSR count). The third-order valence-corrected chi connectivity index (χ3v) is 3.96. The molecule has 3 nitrogen and oxygen atoms in total. The lowest BCUT2D eigenvalue weighted by Gasteiger charge is -2.30. The molecule has 20 heavy (non-hydrogen) atoms. The monoisotopic (exact) mass is 267 g/mol. The summed E-state index contributed by atoms with van der Waals surface area (Å²) in [4.78, 5) is 11.5. The van der Waals surface area contributed by atoms with Crippen molar-refractivity contribution in [1.29, 1.82) is 0 Å². The minimum Gasteiger partial charge on any atom is -0.336 e. The molecule has 1 aromatic carbocycles. The lowest BCUT2D eigenvalue weighted by atomic mass is 9.93. The van der Waals surface area contributed by atoms with Crippen LogP contribution in [0, 0.1) is 27.7 Å². The zero-order valence-corrected chi connectivity index (χ0v) is 12.7. The van der Waals surface area contributed by atoms with E-state index in [1.54, 1.807) is 0 Å².